The second-order valence-electron chi connectivity index (χ2n) is 2.52. The zero-order valence-corrected chi connectivity index (χ0v) is 7.52. The number of nitrogens with two attached hydrogens (primary N) is 2. The summed E-state index contributed by atoms with van der Waals surface area (Å²) in [5.41, 5.74) is 0. The van der Waals surface area contributed by atoms with Crippen LogP contribution in [0.1, 0.15) is 25.7 Å². The van der Waals surface area contributed by atoms with Gasteiger partial charge in [0.25, 0.3) is 0 Å². The Balaban J connectivity index is 3.56. The van der Waals surface area contributed by atoms with Crippen molar-refractivity contribution >= 4 is 17.7 Å². The van der Waals surface area contributed by atoms with Crippen molar-refractivity contribution in [2.75, 3.05) is 0 Å². The summed E-state index contributed by atoms with van der Waals surface area (Å²) in [5, 5.41) is 0. The molecule has 0 amide bonds. The molecule has 0 atom stereocenters. The second kappa shape index (κ2) is 6.98. The van der Waals surface area contributed by atoms with Crippen LogP contribution in [-0.4, -0.2) is 17.7 Å². The summed E-state index contributed by atoms with van der Waals surface area (Å²) in [6, 6.07) is 0. The summed E-state index contributed by atoms with van der Waals surface area (Å²) >= 11 is 0. The molecule has 0 radical (unpaired) electrons. The van der Waals surface area contributed by atoms with E-state index in [-0.39, 0.29) is 31.5 Å². The molecule has 0 saturated carbocycles. The van der Waals surface area contributed by atoms with Crippen molar-refractivity contribution in [1.29, 1.82) is 0 Å². The van der Waals surface area contributed by atoms with Crippen LogP contribution in [0.5, 0.6) is 0 Å². The molecule has 7 nitrogen and oxygen atoms in total. The van der Waals surface area contributed by atoms with Gasteiger partial charge in [-0.05, 0) is 0 Å². The number of hydrogen-bond acceptors (Lipinski definition) is 7. The molecule has 0 aromatic carbocycles. The molecule has 0 aromatic rings. The monoisotopic (exact) mass is 204 g/mol. The SMILES string of the molecule is NOC(=O)CCC(=O)CCC(=O)ON. The highest BCUT2D eigenvalue weighted by Gasteiger charge is 2.09. The summed E-state index contributed by atoms with van der Waals surface area (Å²) in [6.07, 6.45) is -0.193. The Kier molecular flexibility index (Phi) is 6.25. The van der Waals surface area contributed by atoms with Crippen molar-refractivity contribution in [1.82, 2.24) is 0 Å². The molecule has 4 N–H and O–H groups in total. The molecular weight excluding hydrogens is 192 g/mol. The third-order valence-corrected chi connectivity index (χ3v) is 1.48. The molecule has 0 bridgehead atoms. The first-order valence-electron chi connectivity index (χ1n) is 3.91. The summed E-state index contributed by atoms with van der Waals surface area (Å²) < 4.78 is 0. The minimum absolute atomic E-state index is 0.00607. The number of Topliss-reactive ketones (excluding diaryl/α,β-unsaturated/α-hetero) is 1. The van der Waals surface area contributed by atoms with E-state index in [0.29, 0.717) is 0 Å². The lowest BCUT2D eigenvalue weighted by Gasteiger charge is -1.98. The molecule has 0 aliphatic rings. The Labute approximate surface area is 80.2 Å². The maximum absolute atomic E-state index is 11.0. The van der Waals surface area contributed by atoms with Gasteiger partial charge in [0.2, 0.25) is 0 Å². The smallest absolute Gasteiger partial charge is 0.324 e. The van der Waals surface area contributed by atoms with E-state index in [1.807, 2.05) is 0 Å². The van der Waals surface area contributed by atoms with E-state index in [4.69, 9.17) is 0 Å². The van der Waals surface area contributed by atoms with E-state index in [9.17, 15) is 14.4 Å². The molecule has 0 aliphatic carbocycles. The normalized spacial score (nSPS) is 9.29. The van der Waals surface area contributed by atoms with Crippen molar-refractivity contribution in [3.63, 3.8) is 0 Å². The molecule has 0 aromatic heterocycles. The first kappa shape index (κ1) is 12.5. The Morgan fingerprint density at radius 1 is 0.786 bits per heavy atom. The van der Waals surface area contributed by atoms with Crippen molar-refractivity contribution in [3.05, 3.63) is 0 Å². The van der Waals surface area contributed by atoms with Gasteiger partial charge in [-0.25, -0.2) is 0 Å². The molecule has 0 rings (SSSR count). The molecule has 80 valence electrons. The zero-order valence-electron chi connectivity index (χ0n) is 7.52. The van der Waals surface area contributed by atoms with Gasteiger partial charge in [-0.3, -0.25) is 14.4 Å². The number of carbonyl (C=O) groups excluding carboxylic acids is 3. The Bertz CT molecular complexity index is 206. The van der Waals surface area contributed by atoms with E-state index in [2.05, 4.69) is 21.5 Å². The lowest BCUT2D eigenvalue weighted by atomic mass is 10.1. The third kappa shape index (κ3) is 6.09. The predicted molar refractivity (Wildman–Crippen MR) is 44.0 cm³/mol. The lowest BCUT2D eigenvalue weighted by Crippen LogP contribution is -2.14. The van der Waals surface area contributed by atoms with Crippen LogP contribution < -0.4 is 11.8 Å². The van der Waals surface area contributed by atoms with Gasteiger partial charge in [0, 0.05) is 12.8 Å². The Morgan fingerprint density at radius 3 is 1.43 bits per heavy atom. The summed E-state index contributed by atoms with van der Waals surface area (Å²) in [5.74, 6) is 7.52. The molecule has 14 heavy (non-hydrogen) atoms. The topological polar surface area (TPSA) is 122 Å². The summed E-state index contributed by atoms with van der Waals surface area (Å²) in [4.78, 5) is 39.7. The van der Waals surface area contributed by atoms with Gasteiger partial charge in [0.15, 0.2) is 0 Å². The van der Waals surface area contributed by atoms with Crippen LogP contribution in [0.4, 0.5) is 0 Å². The van der Waals surface area contributed by atoms with Crippen LogP contribution >= 0.6 is 0 Å². The summed E-state index contributed by atoms with van der Waals surface area (Å²) in [7, 11) is 0. The molecule has 7 heteroatoms. The first-order valence-corrected chi connectivity index (χ1v) is 3.91. The predicted octanol–water partition coefficient (Wildman–Crippen LogP) is -1.05. The molecule has 0 heterocycles. The van der Waals surface area contributed by atoms with Crippen LogP contribution in [0.2, 0.25) is 0 Å². The van der Waals surface area contributed by atoms with Crippen LogP contribution in [0.15, 0.2) is 0 Å². The standard InChI is InChI=1S/C7H12N2O5/c8-13-6(11)3-1-5(10)2-4-7(12)14-9/h1-4,8-9H2. The van der Waals surface area contributed by atoms with E-state index in [1.165, 1.54) is 0 Å². The van der Waals surface area contributed by atoms with Gasteiger partial charge in [0.05, 0.1) is 12.8 Å². The van der Waals surface area contributed by atoms with Crippen molar-refractivity contribution in [2.24, 2.45) is 11.8 Å². The van der Waals surface area contributed by atoms with Gasteiger partial charge in [-0.2, -0.15) is 11.8 Å². The molecule has 0 aliphatic heterocycles. The number of carbonyl (C=O) groups is 3. The minimum atomic E-state index is -0.667. The first-order chi connectivity index (χ1) is 6.60. The maximum Gasteiger partial charge on any atom is 0.324 e. The van der Waals surface area contributed by atoms with Crippen molar-refractivity contribution < 1.29 is 24.1 Å². The van der Waals surface area contributed by atoms with E-state index in [1.54, 1.807) is 0 Å². The number of ketones is 1. The zero-order chi connectivity index (χ0) is 11.0. The largest absolute Gasteiger partial charge is 0.373 e. The molecule has 0 saturated heterocycles. The average molecular weight is 204 g/mol. The highest BCUT2D eigenvalue weighted by molar-refractivity contribution is 5.85. The third-order valence-electron chi connectivity index (χ3n) is 1.48. The highest BCUT2D eigenvalue weighted by Crippen LogP contribution is 2.00. The van der Waals surface area contributed by atoms with Gasteiger partial charge >= 0.3 is 11.9 Å². The molecule has 0 fully saturated rings. The van der Waals surface area contributed by atoms with Crippen molar-refractivity contribution in [2.45, 2.75) is 25.7 Å². The van der Waals surface area contributed by atoms with Gasteiger partial charge < -0.3 is 9.68 Å². The molecular formula is C7H12N2O5. The fourth-order valence-corrected chi connectivity index (χ4v) is 0.726. The highest BCUT2D eigenvalue weighted by atomic mass is 16.7. The Hall–Kier alpha value is -1.47. The number of rotatable bonds is 6. The minimum Gasteiger partial charge on any atom is -0.373 e. The van der Waals surface area contributed by atoms with E-state index >= 15 is 0 Å². The maximum atomic E-state index is 11.0. The fourth-order valence-electron chi connectivity index (χ4n) is 0.726. The van der Waals surface area contributed by atoms with Crippen LogP contribution in [0, 0.1) is 0 Å². The fraction of sp³-hybridized carbons (Fsp3) is 0.571. The van der Waals surface area contributed by atoms with Crippen LogP contribution in [-0.2, 0) is 24.1 Å². The molecule has 0 spiro atoms. The second-order valence-corrected chi connectivity index (χ2v) is 2.52. The van der Waals surface area contributed by atoms with Gasteiger partial charge in [0.1, 0.15) is 5.78 Å². The van der Waals surface area contributed by atoms with Gasteiger partial charge in [-0.15, -0.1) is 0 Å². The lowest BCUT2D eigenvalue weighted by molar-refractivity contribution is -0.145. The van der Waals surface area contributed by atoms with Gasteiger partial charge in [-0.1, -0.05) is 0 Å². The molecule has 0 unspecified atom stereocenters. The van der Waals surface area contributed by atoms with E-state index < -0.39 is 11.9 Å². The quantitative estimate of drug-likeness (QED) is 0.529. The van der Waals surface area contributed by atoms with Crippen molar-refractivity contribution in [3.8, 4) is 0 Å². The van der Waals surface area contributed by atoms with Crippen LogP contribution in [0.25, 0.3) is 0 Å². The van der Waals surface area contributed by atoms with E-state index in [0.717, 1.165) is 0 Å². The average Bonchev–Trinajstić information content (AvgIpc) is 2.22. The van der Waals surface area contributed by atoms with Crippen LogP contribution in [0.3, 0.4) is 0 Å². The summed E-state index contributed by atoms with van der Waals surface area (Å²) in [6.45, 7) is 0. The number of hydrogen-bond donors (Lipinski definition) is 2. The Morgan fingerprint density at radius 2 is 1.14 bits per heavy atom.